The second-order valence-electron chi connectivity index (χ2n) is 6.02. The lowest BCUT2D eigenvalue weighted by Gasteiger charge is -2.29. The molecule has 0 spiro atoms. The van der Waals surface area contributed by atoms with Crippen molar-refractivity contribution in [2.24, 2.45) is 0 Å². The van der Waals surface area contributed by atoms with Crippen LogP contribution in [0.3, 0.4) is 0 Å². The van der Waals surface area contributed by atoms with Crippen molar-refractivity contribution in [3.63, 3.8) is 0 Å². The van der Waals surface area contributed by atoms with Gasteiger partial charge in [0, 0.05) is 9.79 Å². The third kappa shape index (κ3) is 3.64. The van der Waals surface area contributed by atoms with Crippen molar-refractivity contribution in [1.29, 1.82) is 0 Å². The first-order valence-electron chi connectivity index (χ1n) is 7.82. The van der Waals surface area contributed by atoms with E-state index in [0.717, 1.165) is 0 Å². The molecule has 1 heterocycles. The fourth-order valence-corrected chi connectivity index (χ4v) is 5.13. The van der Waals surface area contributed by atoms with Gasteiger partial charge in [-0.1, -0.05) is 41.6 Å². The Kier molecular flexibility index (Phi) is 5.04. The highest BCUT2D eigenvalue weighted by Gasteiger charge is 2.23. The van der Waals surface area contributed by atoms with Gasteiger partial charge in [0.1, 0.15) is 11.5 Å². The van der Waals surface area contributed by atoms with Crippen LogP contribution < -0.4 is 4.90 Å². The molecule has 1 saturated heterocycles. The Morgan fingerprint density at radius 3 is 2.41 bits per heavy atom. The zero-order valence-electron chi connectivity index (χ0n) is 13.6. The SMILES string of the molecule is Cc1ccc(Sc2ccccc2N2CC[S+](C)CC2)c(C)c1. The van der Waals surface area contributed by atoms with Crippen LogP contribution >= 0.6 is 11.8 Å². The molecule has 3 rings (SSSR count). The van der Waals surface area contributed by atoms with E-state index in [1.54, 1.807) is 0 Å². The van der Waals surface area contributed by atoms with Crippen molar-refractivity contribution in [2.45, 2.75) is 23.6 Å². The largest absolute Gasteiger partial charge is 0.361 e. The van der Waals surface area contributed by atoms with Crippen LogP contribution in [-0.4, -0.2) is 30.9 Å². The molecular formula is C19H24NS2+. The maximum atomic E-state index is 2.57. The normalized spacial score (nSPS) is 16.0. The number of para-hydroxylation sites is 1. The van der Waals surface area contributed by atoms with Gasteiger partial charge in [0.25, 0.3) is 0 Å². The summed E-state index contributed by atoms with van der Waals surface area (Å²) in [6.07, 6.45) is 2.40. The number of benzene rings is 2. The van der Waals surface area contributed by atoms with Crippen molar-refractivity contribution >= 4 is 28.3 Å². The molecule has 0 saturated carbocycles. The maximum Gasteiger partial charge on any atom is 0.125 e. The minimum absolute atomic E-state index is 0.616. The van der Waals surface area contributed by atoms with Crippen LogP contribution in [0.15, 0.2) is 52.3 Å². The monoisotopic (exact) mass is 330 g/mol. The Labute approximate surface area is 141 Å². The first-order valence-corrected chi connectivity index (χ1v) is 10.6. The third-order valence-electron chi connectivity index (χ3n) is 4.18. The van der Waals surface area contributed by atoms with Crippen LogP contribution in [0.1, 0.15) is 11.1 Å². The fraction of sp³-hybridized carbons (Fsp3) is 0.368. The summed E-state index contributed by atoms with van der Waals surface area (Å²) in [7, 11) is 0.616. The van der Waals surface area contributed by atoms with E-state index in [1.807, 2.05) is 11.8 Å². The highest BCUT2D eigenvalue weighted by Crippen LogP contribution is 2.37. The Bertz CT molecular complexity index is 646. The van der Waals surface area contributed by atoms with Gasteiger partial charge in [-0.2, -0.15) is 0 Å². The van der Waals surface area contributed by atoms with E-state index in [4.69, 9.17) is 0 Å². The summed E-state index contributed by atoms with van der Waals surface area (Å²) in [6.45, 7) is 6.76. The van der Waals surface area contributed by atoms with Gasteiger partial charge in [-0.3, -0.25) is 0 Å². The molecule has 0 amide bonds. The Morgan fingerprint density at radius 1 is 0.955 bits per heavy atom. The summed E-state index contributed by atoms with van der Waals surface area (Å²) >= 11 is 1.90. The Morgan fingerprint density at radius 2 is 1.68 bits per heavy atom. The molecular weight excluding hydrogens is 306 g/mol. The quantitative estimate of drug-likeness (QED) is 0.761. The first kappa shape index (κ1) is 15.8. The molecule has 1 nitrogen and oxygen atoms in total. The summed E-state index contributed by atoms with van der Waals surface area (Å²) in [5.41, 5.74) is 4.11. The average Bonchev–Trinajstić information content (AvgIpc) is 2.51. The molecule has 3 heteroatoms. The van der Waals surface area contributed by atoms with Crippen LogP contribution in [-0.2, 0) is 10.9 Å². The predicted molar refractivity (Wildman–Crippen MR) is 102 cm³/mol. The van der Waals surface area contributed by atoms with Crippen LogP contribution in [0.2, 0.25) is 0 Å². The standard InChI is InChI=1S/C19H24NS2/c1-15-8-9-18(16(2)14-15)21-19-7-5-4-6-17(19)20-10-12-22(3)13-11-20/h4-9,14H,10-13H2,1-3H3/q+1. The molecule has 0 aliphatic carbocycles. The lowest BCUT2D eigenvalue weighted by atomic mass is 10.2. The molecule has 0 aromatic heterocycles. The van der Waals surface area contributed by atoms with Gasteiger partial charge in [-0.25, -0.2) is 0 Å². The van der Waals surface area contributed by atoms with Gasteiger partial charge in [0.2, 0.25) is 0 Å². The minimum Gasteiger partial charge on any atom is -0.361 e. The molecule has 1 aliphatic rings. The summed E-state index contributed by atoms with van der Waals surface area (Å²) in [5, 5.41) is 0. The highest BCUT2D eigenvalue weighted by molar-refractivity contribution is 7.99. The summed E-state index contributed by atoms with van der Waals surface area (Å²) in [4.78, 5) is 5.32. The topological polar surface area (TPSA) is 3.24 Å². The molecule has 116 valence electrons. The van der Waals surface area contributed by atoms with Crippen molar-refractivity contribution in [2.75, 3.05) is 35.8 Å². The fourth-order valence-electron chi connectivity index (χ4n) is 2.82. The summed E-state index contributed by atoms with van der Waals surface area (Å²) in [6, 6.07) is 15.6. The van der Waals surface area contributed by atoms with Crippen LogP contribution in [0.4, 0.5) is 5.69 Å². The van der Waals surface area contributed by atoms with Crippen molar-refractivity contribution in [3.8, 4) is 0 Å². The van der Waals surface area contributed by atoms with Gasteiger partial charge in [0.15, 0.2) is 0 Å². The van der Waals surface area contributed by atoms with Crippen molar-refractivity contribution in [3.05, 3.63) is 53.6 Å². The van der Waals surface area contributed by atoms with Crippen LogP contribution in [0.25, 0.3) is 0 Å². The number of rotatable bonds is 3. The smallest absolute Gasteiger partial charge is 0.125 e. The molecule has 2 aromatic carbocycles. The Balaban J connectivity index is 1.85. The van der Waals surface area contributed by atoms with Crippen molar-refractivity contribution < 1.29 is 0 Å². The van der Waals surface area contributed by atoms with Gasteiger partial charge in [0.05, 0.1) is 25.0 Å². The molecule has 22 heavy (non-hydrogen) atoms. The minimum atomic E-state index is 0.616. The molecule has 0 bridgehead atoms. The number of aryl methyl sites for hydroxylation is 2. The average molecular weight is 331 g/mol. The second-order valence-corrected chi connectivity index (χ2v) is 9.48. The maximum absolute atomic E-state index is 2.57. The predicted octanol–water partition coefficient (Wildman–Crippen LogP) is 4.52. The summed E-state index contributed by atoms with van der Waals surface area (Å²) < 4.78 is 0. The molecule has 0 unspecified atom stereocenters. The second kappa shape index (κ2) is 7.01. The van der Waals surface area contributed by atoms with E-state index in [2.05, 4.69) is 67.5 Å². The van der Waals surface area contributed by atoms with E-state index in [-0.39, 0.29) is 0 Å². The zero-order valence-corrected chi connectivity index (χ0v) is 15.3. The van der Waals surface area contributed by atoms with Gasteiger partial charge in [-0.15, -0.1) is 0 Å². The van der Waals surface area contributed by atoms with Crippen molar-refractivity contribution in [1.82, 2.24) is 0 Å². The lowest BCUT2D eigenvalue weighted by Crippen LogP contribution is -2.40. The van der Waals surface area contributed by atoms with Gasteiger partial charge in [-0.05, 0) is 48.5 Å². The summed E-state index contributed by atoms with van der Waals surface area (Å²) in [5.74, 6) is 2.67. The molecule has 1 aliphatic heterocycles. The number of hydrogen-bond donors (Lipinski definition) is 0. The van der Waals surface area contributed by atoms with E-state index in [1.165, 1.54) is 51.2 Å². The van der Waals surface area contributed by atoms with Gasteiger partial charge >= 0.3 is 0 Å². The molecule has 0 radical (unpaired) electrons. The third-order valence-corrected chi connectivity index (χ3v) is 7.18. The molecule has 0 N–H and O–H groups in total. The number of hydrogen-bond acceptors (Lipinski definition) is 2. The first-order chi connectivity index (χ1) is 10.6. The zero-order chi connectivity index (χ0) is 15.5. The van der Waals surface area contributed by atoms with E-state index < -0.39 is 0 Å². The van der Waals surface area contributed by atoms with E-state index >= 15 is 0 Å². The van der Waals surface area contributed by atoms with Crippen LogP contribution in [0.5, 0.6) is 0 Å². The van der Waals surface area contributed by atoms with Crippen LogP contribution in [0, 0.1) is 13.8 Å². The van der Waals surface area contributed by atoms with E-state index in [9.17, 15) is 0 Å². The lowest BCUT2D eigenvalue weighted by molar-refractivity contribution is 0.842. The number of nitrogens with zero attached hydrogens (tertiary/aromatic N) is 1. The molecule has 2 aromatic rings. The number of anilines is 1. The molecule has 1 fully saturated rings. The Hall–Kier alpha value is -1.06. The molecule has 0 atom stereocenters. The van der Waals surface area contributed by atoms with Gasteiger partial charge < -0.3 is 4.90 Å². The highest BCUT2D eigenvalue weighted by atomic mass is 32.2. The van der Waals surface area contributed by atoms with E-state index in [0.29, 0.717) is 10.9 Å².